The number of fused-ring (bicyclic) bond motifs is 1. The van der Waals surface area contributed by atoms with Gasteiger partial charge in [0.05, 0.1) is 13.5 Å². The summed E-state index contributed by atoms with van der Waals surface area (Å²) in [5, 5.41) is 1.09. The third-order valence-corrected chi connectivity index (χ3v) is 4.75. The van der Waals surface area contributed by atoms with Gasteiger partial charge in [0.15, 0.2) is 0 Å². The van der Waals surface area contributed by atoms with E-state index < -0.39 is 0 Å². The van der Waals surface area contributed by atoms with E-state index in [1.807, 2.05) is 35.8 Å². The van der Waals surface area contributed by atoms with Gasteiger partial charge in [-0.3, -0.25) is 9.59 Å². The zero-order valence-corrected chi connectivity index (χ0v) is 14.5. The zero-order chi connectivity index (χ0) is 16.3. The Kier molecular flexibility index (Phi) is 5.24. The lowest BCUT2D eigenvalue weighted by molar-refractivity contribution is -0.141. The number of nitrogens with zero attached hydrogens (tertiary/aromatic N) is 2. The van der Waals surface area contributed by atoms with Gasteiger partial charge in [-0.05, 0) is 28.9 Å². The van der Waals surface area contributed by atoms with Crippen molar-refractivity contribution in [1.82, 2.24) is 9.47 Å². The molecule has 0 N–H and O–H groups in total. The van der Waals surface area contributed by atoms with Crippen molar-refractivity contribution >= 4 is 38.7 Å². The van der Waals surface area contributed by atoms with Crippen LogP contribution >= 0.6 is 15.9 Å². The van der Waals surface area contributed by atoms with E-state index in [1.165, 1.54) is 7.11 Å². The van der Waals surface area contributed by atoms with Gasteiger partial charge in [0.2, 0.25) is 5.91 Å². The van der Waals surface area contributed by atoms with Gasteiger partial charge in [-0.15, -0.1) is 0 Å². The van der Waals surface area contributed by atoms with Gasteiger partial charge in [-0.2, -0.15) is 0 Å². The topological polar surface area (TPSA) is 51.5 Å². The smallest absolute Gasteiger partial charge is 0.307 e. The minimum atomic E-state index is -0.315. The number of likely N-dealkylation sites (N-methyl/N-ethyl adjacent to an activating group) is 1. The minimum Gasteiger partial charge on any atom is -0.469 e. The molecule has 0 aliphatic carbocycles. The molecule has 118 valence electrons. The summed E-state index contributed by atoms with van der Waals surface area (Å²) in [6.45, 7) is 2.58. The van der Waals surface area contributed by atoms with Crippen LogP contribution in [0.1, 0.15) is 12.1 Å². The summed E-state index contributed by atoms with van der Waals surface area (Å²) in [4.78, 5) is 25.1. The summed E-state index contributed by atoms with van der Waals surface area (Å²) in [5.41, 5.74) is 2.03. The van der Waals surface area contributed by atoms with E-state index in [4.69, 9.17) is 0 Å². The summed E-state index contributed by atoms with van der Waals surface area (Å²) >= 11 is 3.58. The standard InChI is InChI=1S/C16H19BrN2O3/c1-11-16(17)12-6-4-5-7-13(12)19(11)10-14(20)18(2)9-8-15(21)22-3/h4-7H,8-10H2,1-3H3. The number of esters is 1. The van der Waals surface area contributed by atoms with E-state index in [-0.39, 0.29) is 24.8 Å². The number of ether oxygens (including phenoxy) is 1. The Balaban J connectivity index is 2.15. The summed E-state index contributed by atoms with van der Waals surface area (Å²) in [6.07, 6.45) is 0.202. The average molecular weight is 367 g/mol. The Bertz CT molecular complexity index is 709. The molecule has 0 aliphatic rings. The van der Waals surface area contributed by atoms with Crippen LogP contribution in [0.4, 0.5) is 0 Å². The molecule has 0 saturated heterocycles. The molecule has 0 atom stereocenters. The predicted molar refractivity (Wildman–Crippen MR) is 88.6 cm³/mol. The monoisotopic (exact) mass is 366 g/mol. The van der Waals surface area contributed by atoms with Crippen molar-refractivity contribution in [3.63, 3.8) is 0 Å². The number of amides is 1. The molecular formula is C16H19BrN2O3. The number of carbonyl (C=O) groups excluding carboxylic acids is 2. The highest BCUT2D eigenvalue weighted by Crippen LogP contribution is 2.30. The molecule has 5 nitrogen and oxygen atoms in total. The van der Waals surface area contributed by atoms with Crippen LogP contribution in [0.2, 0.25) is 0 Å². The molecule has 0 aliphatic heterocycles. The molecule has 0 saturated carbocycles. The van der Waals surface area contributed by atoms with Gasteiger partial charge < -0.3 is 14.2 Å². The lowest BCUT2D eigenvalue weighted by Crippen LogP contribution is -2.32. The lowest BCUT2D eigenvalue weighted by Gasteiger charge is -2.18. The maximum atomic E-state index is 12.4. The number of methoxy groups -OCH3 is 1. The van der Waals surface area contributed by atoms with E-state index in [1.54, 1.807) is 11.9 Å². The summed E-state index contributed by atoms with van der Waals surface area (Å²) in [7, 11) is 3.04. The van der Waals surface area contributed by atoms with E-state index in [9.17, 15) is 9.59 Å². The normalized spacial score (nSPS) is 10.7. The second kappa shape index (κ2) is 6.96. The van der Waals surface area contributed by atoms with Crippen LogP contribution in [-0.2, 0) is 20.9 Å². The molecule has 22 heavy (non-hydrogen) atoms. The first kappa shape index (κ1) is 16.5. The highest BCUT2D eigenvalue weighted by Gasteiger charge is 2.16. The molecule has 1 heterocycles. The van der Waals surface area contributed by atoms with Crippen LogP contribution in [0.15, 0.2) is 28.7 Å². The first-order valence-electron chi connectivity index (χ1n) is 6.99. The van der Waals surface area contributed by atoms with Crippen molar-refractivity contribution < 1.29 is 14.3 Å². The Labute approximate surface area is 138 Å². The second-order valence-corrected chi connectivity index (χ2v) is 5.94. The summed E-state index contributed by atoms with van der Waals surface area (Å²) in [5.74, 6) is -0.356. The van der Waals surface area contributed by atoms with E-state index in [0.29, 0.717) is 6.54 Å². The Morgan fingerprint density at radius 1 is 1.32 bits per heavy atom. The van der Waals surface area contributed by atoms with Crippen LogP contribution in [-0.4, -0.2) is 42.0 Å². The quantitative estimate of drug-likeness (QED) is 0.764. The van der Waals surface area contributed by atoms with Gasteiger partial charge in [0.25, 0.3) is 0 Å². The van der Waals surface area contributed by atoms with Crippen molar-refractivity contribution in [2.24, 2.45) is 0 Å². The highest BCUT2D eigenvalue weighted by molar-refractivity contribution is 9.10. The van der Waals surface area contributed by atoms with Crippen molar-refractivity contribution in [3.8, 4) is 0 Å². The number of benzene rings is 1. The first-order chi connectivity index (χ1) is 10.5. The number of rotatable bonds is 5. The number of para-hydroxylation sites is 1. The van der Waals surface area contributed by atoms with E-state index >= 15 is 0 Å². The van der Waals surface area contributed by atoms with Gasteiger partial charge in [0.1, 0.15) is 6.54 Å². The van der Waals surface area contributed by atoms with E-state index in [2.05, 4.69) is 20.7 Å². The van der Waals surface area contributed by atoms with Crippen molar-refractivity contribution in [3.05, 3.63) is 34.4 Å². The highest BCUT2D eigenvalue weighted by atomic mass is 79.9. The van der Waals surface area contributed by atoms with Gasteiger partial charge in [0, 0.05) is 34.7 Å². The molecule has 0 radical (unpaired) electrons. The third-order valence-electron chi connectivity index (χ3n) is 3.75. The molecule has 1 aromatic carbocycles. The molecule has 2 rings (SSSR count). The van der Waals surface area contributed by atoms with Crippen LogP contribution < -0.4 is 0 Å². The average Bonchev–Trinajstić information content (AvgIpc) is 2.77. The fourth-order valence-corrected chi connectivity index (χ4v) is 2.88. The summed E-state index contributed by atoms with van der Waals surface area (Å²) < 4.78 is 7.58. The maximum Gasteiger partial charge on any atom is 0.307 e. The molecule has 0 fully saturated rings. The minimum absolute atomic E-state index is 0.0414. The molecule has 0 spiro atoms. The van der Waals surface area contributed by atoms with Gasteiger partial charge in [-0.1, -0.05) is 18.2 Å². The first-order valence-corrected chi connectivity index (χ1v) is 7.79. The molecule has 1 amide bonds. The number of hydrogen-bond donors (Lipinski definition) is 0. The number of halogens is 1. The molecule has 1 aromatic heterocycles. The molecule has 2 aromatic rings. The largest absolute Gasteiger partial charge is 0.469 e. The van der Waals surface area contributed by atoms with E-state index in [0.717, 1.165) is 21.1 Å². The van der Waals surface area contributed by atoms with Gasteiger partial charge in [-0.25, -0.2) is 0 Å². The number of carbonyl (C=O) groups is 2. The number of aromatic nitrogens is 1. The molecule has 0 unspecified atom stereocenters. The molecule has 0 bridgehead atoms. The van der Waals surface area contributed by atoms with Crippen molar-refractivity contribution in [2.45, 2.75) is 19.9 Å². The lowest BCUT2D eigenvalue weighted by atomic mass is 10.2. The Hall–Kier alpha value is -1.82. The van der Waals surface area contributed by atoms with Crippen LogP contribution in [0.25, 0.3) is 10.9 Å². The Morgan fingerprint density at radius 2 is 2.00 bits per heavy atom. The SMILES string of the molecule is COC(=O)CCN(C)C(=O)Cn1c(C)c(Br)c2ccccc21. The van der Waals surface area contributed by atoms with Crippen molar-refractivity contribution in [1.29, 1.82) is 0 Å². The zero-order valence-electron chi connectivity index (χ0n) is 12.9. The fourth-order valence-electron chi connectivity index (χ4n) is 2.33. The third kappa shape index (κ3) is 3.32. The Morgan fingerprint density at radius 3 is 2.68 bits per heavy atom. The molecular weight excluding hydrogens is 348 g/mol. The molecule has 6 heteroatoms. The second-order valence-electron chi connectivity index (χ2n) is 5.14. The van der Waals surface area contributed by atoms with Crippen LogP contribution in [0.5, 0.6) is 0 Å². The van der Waals surface area contributed by atoms with Crippen LogP contribution in [0, 0.1) is 6.92 Å². The van der Waals surface area contributed by atoms with Gasteiger partial charge >= 0.3 is 5.97 Å². The van der Waals surface area contributed by atoms with Crippen molar-refractivity contribution in [2.75, 3.05) is 20.7 Å². The van der Waals surface area contributed by atoms with Crippen LogP contribution in [0.3, 0.4) is 0 Å². The summed E-state index contributed by atoms with van der Waals surface area (Å²) in [6, 6.07) is 7.94. The number of hydrogen-bond acceptors (Lipinski definition) is 3. The maximum absolute atomic E-state index is 12.4. The fraction of sp³-hybridized carbons (Fsp3) is 0.375. The predicted octanol–water partition coefficient (Wildman–Crippen LogP) is 2.73.